The highest BCUT2D eigenvalue weighted by Crippen LogP contribution is 2.39. The van der Waals surface area contributed by atoms with E-state index in [0.29, 0.717) is 35.3 Å². The van der Waals surface area contributed by atoms with Crippen LogP contribution in [-0.2, 0) is 0 Å². The van der Waals surface area contributed by atoms with Gasteiger partial charge in [0.25, 0.3) is 5.91 Å². The fourth-order valence-corrected chi connectivity index (χ4v) is 4.75. The fourth-order valence-electron chi connectivity index (χ4n) is 3.25. The SMILES string of the molecule is Cc1nn(-c2ccccc2)c2sc(C(=O)Nc3cc4c(cc3Br)OCCO4)cc12. The number of amides is 1. The minimum atomic E-state index is -0.178. The third kappa shape index (κ3) is 3.28. The Labute approximate surface area is 179 Å². The number of thiophene rings is 1. The first-order valence-electron chi connectivity index (χ1n) is 9.05. The van der Waals surface area contributed by atoms with E-state index in [9.17, 15) is 4.79 Å². The number of hydrogen-bond acceptors (Lipinski definition) is 5. The van der Waals surface area contributed by atoms with Gasteiger partial charge in [0.2, 0.25) is 0 Å². The second kappa shape index (κ2) is 7.20. The van der Waals surface area contributed by atoms with Crippen LogP contribution in [0.3, 0.4) is 0 Å². The predicted molar refractivity (Wildman–Crippen MR) is 117 cm³/mol. The fraction of sp³-hybridized carbons (Fsp3) is 0.143. The van der Waals surface area contributed by atoms with Crippen LogP contribution < -0.4 is 14.8 Å². The van der Waals surface area contributed by atoms with Gasteiger partial charge < -0.3 is 14.8 Å². The molecular formula is C21H16BrN3O3S. The van der Waals surface area contributed by atoms with Gasteiger partial charge in [-0.2, -0.15) is 5.10 Å². The van der Waals surface area contributed by atoms with E-state index in [2.05, 4.69) is 26.3 Å². The number of hydrogen-bond donors (Lipinski definition) is 1. The molecule has 2 aromatic carbocycles. The molecule has 1 aliphatic rings. The average Bonchev–Trinajstić information content (AvgIpc) is 3.30. The van der Waals surface area contributed by atoms with Gasteiger partial charge in [0.15, 0.2) is 11.5 Å². The molecule has 6 nitrogen and oxygen atoms in total. The summed E-state index contributed by atoms with van der Waals surface area (Å²) >= 11 is 4.92. The Balaban J connectivity index is 1.48. The highest BCUT2D eigenvalue weighted by atomic mass is 79.9. The van der Waals surface area contributed by atoms with Gasteiger partial charge in [-0.05, 0) is 41.1 Å². The third-order valence-electron chi connectivity index (χ3n) is 4.65. The van der Waals surface area contributed by atoms with Gasteiger partial charge in [-0.25, -0.2) is 4.68 Å². The zero-order valence-electron chi connectivity index (χ0n) is 15.4. The lowest BCUT2D eigenvalue weighted by molar-refractivity contribution is 0.103. The first-order chi connectivity index (χ1) is 14.1. The zero-order valence-corrected chi connectivity index (χ0v) is 17.8. The largest absolute Gasteiger partial charge is 0.486 e. The number of para-hydroxylation sites is 1. The summed E-state index contributed by atoms with van der Waals surface area (Å²) in [7, 11) is 0. The summed E-state index contributed by atoms with van der Waals surface area (Å²) in [6.07, 6.45) is 0. The molecule has 146 valence electrons. The molecule has 1 aliphatic heterocycles. The second-order valence-electron chi connectivity index (χ2n) is 6.59. The third-order valence-corrected chi connectivity index (χ3v) is 6.41. The minimum Gasteiger partial charge on any atom is -0.486 e. The number of aryl methyl sites for hydroxylation is 1. The van der Waals surface area contributed by atoms with E-state index in [1.165, 1.54) is 11.3 Å². The lowest BCUT2D eigenvalue weighted by atomic mass is 10.2. The van der Waals surface area contributed by atoms with Crippen molar-refractivity contribution in [3.8, 4) is 17.2 Å². The number of carbonyl (C=O) groups excluding carboxylic acids is 1. The summed E-state index contributed by atoms with van der Waals surface area (Å²) in [5.41, 5.74) is 2.49. The molecule has 0 saturated carbocycles. The molecule has 1 amide bonds. The zero-order chi connectivity index (χ0) is 20.0. The Hall–Kier alpha value is -2.84. The normalized spacial score (nSPS) is 12.9. The first kappa shape index (κ1) is 18.2. The number of carbonyl (C=O) groups is 1. The van der Waals surface area contributed by atoms with Crippen LogP contribution in [0.1, 0.15) is 15.4 Å². The molecule has 4 aromatic rings. The number of rotatable bonds is 3. The van der Waals surface area contributed by atoms with Crippen molar-refractivity contribution in [3.05, 3.63) is 63.6 Å². The molecule has 0 atom stereocenters. The molecule has 5 rings (SSSR count). The standard InChI is InChI=1S/C21H16BrN3O3S/c1-12-14-9-19(29-21(14)25(24-12)13-5-3-2-4-6-13)20(26)23-16-11-18-17(10-15(16)22)27-7-8-28-18/h2-6,9-11H,7-8H2,1H3,(H,23,26). The van der Waals surface area contributed by atoms with Gasteiger partial charge in [-0.15, -0.1) is 11.3 Å². The molecule has 0 saturated heterocycles. The minimum absolute atomic E-state index is 0.178. The van der Waals surface area contributed by atoms with Crippen molar-refractivity contribution in [2.24, 2.45) is 0 Å². The van der Waals surface area contributed by atoms with Crippen LogP contribution in [0.2, 0.25) is 0 Å². The average molecular weight is 470 g/mol. The maximum absolute atomic E-state index is 12.9. The van der Waals surface area contributed by atoms with E-state index in [1.54, 1.807) is 6.07 Å². The molecule has 29 heavy (non-hydrogen) atoms. The number of anilines is 1. The highest BCUT2D eigenvalue weighted by molar-refractivity contribution is 9.10. The number of benzene rings is 2. The molecule has 1 N–H and O–H groups in total. The number of aromatic nitrogens is 2. The molecule has 0 radical (unpaired) electrons. The molecule has 0 fully saturated rings. The first-order valence-corrected chi connectivity index (χ1v) is 10.7. The Bertz CT molecular complexity index is 1230. The lowest BCUT2D eigenvalue weighted by Crippen LogP contribution is -2.16. The summed E-state index contributed by atoms with van der Waals surface area (Å²) < 4.78 is 13.8. The van der Waals surface area contributed by atoms with Crippen LogP contribution in [0.15, 0.2) is 53.0 Å². The van der Waals surface area contributed by atoms with E-state index < -0.39 is 0 Å². The smallest absolute Gasteiger partial charge is 0.265 e. The van der Waals surface area contributed by atoms with Gasteiger partial charge in [-0.3, -0.25) is 4.79 Å². The van der Waals surface area contributed by atoms with Crippen molar-refractivity contribution in [1.82, 2.24) is 9.78 Å². The summed E-state index contributed by atoms with van der Waals surface area (Å²) in [4.78, 5) is 14.5. The Morgan fingerprint density at radius 3 is 2.62 bits per heavy atom. The van der Waals surface area contributed by atoms with E-state index in [4.69, 9.17) is 9.47 Å². The monoisotopic (exact) mass is 469 g/mol. The number of nitrogens with one attached hydrogen (secondary N) is 1. The van der Waals surface area contributed by atoms with Crippen LogP contribution in [0, 0.1) is 6.92 Å². The van der Waals surface area contributed by atoms with Crippen LogP contribution in [0.4, 0.5) is 5.69 Å². The summed E-state index contributed by atoms with van der Waals surface area (Å²) in [6.45, 7) is 2.96. The maximum Gasteiger partial charge on any atom is 0.265 e. The number of fused-ring (bicyclic) bond motifs is 2. The van der Waals surface area contributed by atoms with Crippen LogP contribution >= 0.6 is 27.3 Å². The highest BCUT2D eigenvalue weighted by Gasteiger charge is 2.20. The van der Waals surface area contributed by atoms with Crippen molar-refractivity contribution >= 4 is 49.1 Å². The van der Waals surface area contributed by atoms with E-state index in [0.717, 1.165) is 26.1 Å². The molecule has 0 unspecified atom stereocenters. The van der Waals surface area contributed by atoms with Gasteiger partial charge >= 0.3 is 0 Å². The molecule has 2 aromatic heterocycles. The van der Waals surface area contributed by atoms with Crippen molar-refractivity contribution in [2.45, 2.75) is 6.92 Å². The molecule has 0 aliphatic carbocycles. The van der Waals surface area contributed by atoms with E-state index in [1.807, 2.05) is 54.1 Å². The molecule has 0 bridgehead atoms. The van der Waals surface area contributed by atoms with Crippen molar-refractivity contribution in [2.75, 3.05) is 18.5 Å². The van der Waals surface area contributed by atoms with Crippen LogP contribution in [-0.4, -0.2) is 28.9 Å². The summed E-state index contributed by atoms with van der Waals surface area (Å²) in [6, 6.07) is 15.4. The quantitative estimate of drug-likeness (QED) is 0.448. The van der Waals surface area contributed by atoms with Crippen molar-refractivity contribution in [1.29, 1.82) is 0 Å². The van der Waals surface area contributed by atoms with E-state index >= 15 is 0 Å². The van der Waals surface area contributed by atoms with Crippen molar-refractivity contribution < 1.29 is 14.3 Å². The molecule has 8 heteroatoms. The predicted octanol–water partition coefficient (Wildman–Crippen LogP) is 5.18. The summed E-state index contributed by atoms with van der Waals surface area (Å²) in [5.74, 6) is 1.12. The van der Waals surface area contributed by atoms with Crippen LogP contribution in [0.25, 0.3) is 15.9 Å². The van der Waals surface area contributed by atoms with Gasteiger partial charge in [0.1, 0.15) is 18.0 Å². The Morgan fingerprint density at radius 1 is 1.14 bits per heavy atom. The number of ether oxygens (including phenoxy) is 2. The molecular weight excluding hydrogens is 454 g/mol. The molecule has 0 spiro atoms. The molecule has 3 heterocycles. The van der Waals surface area contributed by atoms with Gasteiger partial charge in [0.05, 0.1) is 21.9 Å². The number of nitrogens with zero attached hydrogens (tertiary/aromatic N) is 2. The van der Waals surface area contributed by atoms with Gasteiger partial charge in [0, 0.05) is 22.0 Å². The Kier molecular flexibility index (Phi) is 4.52. The Morgan fingerprint density at radius 2 is 1.86 bits per heavy atom. The second-order valence-corrected chi connectivity index (χ2v) is 8.48. The number of halogens is 1. The van der Waals surface area contributed by atoms with Crippen molar-refractivity contribution in [3.63, 3.8) is 0 Å². The van der Waals surface area contributed by atoms with Gasteiger partial charge in [-0.1, -0.05) is 18.2 Å². The topological polar surface area (TPSA) is 65.4 Å². The van der Waals surface area contributed by atoms with Crippen LogP contribution in [0.5, 0.6) is 11.5 Å². The lowest BCUT2D eigenvalue weighted by Gasteiger charge is -2.20. The maximum atomic E-state index is 12.9. The summed E-state index contributed by atoms with van der Waals surface area (Å²) in [5, 5.41) is 8.57. The van der Waals surface area contributed by atoms with E-state index in [-0.39, 0.29) is 5.91 Å².